The number of ether oxygens (including phenoxy) is 2. The van der Waals surface area contributed by atoms with Gasteiger partial charge in [-0.2, -0.15) is 0 Å². The minimum atomic E-state index is -0.305. The number of nitrogens with zero attached hydrogens (tertiary/aromatic N) is 1. The van der Waals surface area contributed by atoms with E-state index < -0.39 is 0 Å². The molecule has 0 amide bonds. The van der Waals surface area contributed by atoms with Crippen molar-refractivity contribution in [3.63, 3.8) is 0 Å². The summed E-state index contributed by atoms with van der Waals surface area (Å²) in [6.07, 6.45) is 1.06. The number of phenols is 1. The van der Waals surface area contributed by atoms with E-state index >= 15 is 0 Å². The number of fused-ring (bicyclic) bond motifs is 1. The van der Waals surface area contributed by atoms with Crippen molar-refractivity contribution in [1.29, 1.82) is 0 Å². The molecule has 32 heavy (non-hydrogen) atoms. The number of phenolic OH excluding ortho intramolecular Hbond substituents is 1. The number of rotatable bonds is 4. The number of aryl methyl sites for hydroxylation is 1. The van der Waals surface area contributed by atoms with Crippen LogP contribution in [0.4, 0.5) is 5.88 Å². The molecule has 0 bridgehead atoms. The van der Waals surface area contributed by atoms with Crippen LogP contribution in [0.1, 0.15) is 47.1 Å². The molecule has 1 aliphatic heterocycles. The Morgan fingerprint density at radius 1 is 1.03 bits per heavy atom. The number of Topliss-reactive ketones (excluding diaryl/α,β-unsaturated/α-hetero) is 1. The van der Waals surface area contributed by atoms with Gasteiger partial charge >= 0.3 is 0 Å². The number of hydrogen-bond acceptors (Lipinski definition) is 7. The highest BCUT2D eigenvalue weighted by molar-refractivity contribution is 6.01. The molecule has 0 fully saturated rings. The monoisotopic (exact) mass is 432 g/mol. The zero-order chi connectivity index (χ0) is 22.4. The molecule has 2 heterocycles. The van der Waals surface area contributed by atoms with E-state index in [0.29, 0.717) is 30.2 Å². The van der Waals surface area contributed by atoms with Gasteiger partial charge in [0.2, 0.25) is 5.88 Å². The summed E-state index contributed by atoms with van der Waals surface area (Å²) < 4.78 is 16.5. The maximum atomic E-state index is 13.5. The molecule has 5 rings (SSSR count). The number of aromatic nitrogens is 1. The van der Waals surface area contributed by atoms with Crippen molar-refractivity contribution >= 4 is 11.7 Å². The van der Waals surface area contributed by atoms with E-state index in [-0.39, 0.29) is 23.4 Å². The molecule has 1 aliphatic carbocycles. The molecule has 3 aromatic rings. The molecular weight excluding hydrogens is 408 g/mol. The maximum absolute atomic E-state index is 13.5. The third-order valence-corrected chi connectivity index (χ3v) is 6.36. The van der Waals surface area contributed by atoms with Crippen molar-refractivity contribution in [1.82, 2.24) is 5.16 Å². The third kappa shape index (κ3) is 3.21. The molecule has 0 saturated carbocycles. The van der Waals surface area contributed by atoms with Gasteiger partial charge < -0.3 is 24.4 Å². The average Bonchev–Trinajstić information content (AvgIpc) is 3.17. The molecule has 0 saturated heterocycles. The van der Waals surface area contributed by atoms with Gasteiger partial charge in [-0.3, -0.25) is 4.79 Å². The summed E-state index contributed by atoms with van der Waals surface area (Å²) >= 11 is 0. The van der Waals surface area contributed by atoms with E-state index in [4.69, 9.17) is 14.0 Å². The van der Waals surface area contributed by atoms with Gasteiger partial charge in [0.25, 0.3) is 0 Å². The number of carbonyl (C=O) groups is 1. The van der Waals surface area contributed by atoms with Crippen LogP contribution in [0.3, 0.4) is 0 Å². The first-order valence-electron chi connectivity index (χ1n) is 10.5. The summed E-state index contributed by atoms with van der Waals surface area (Å²) in [6, 6.07) is 12.8. The van der Waals surface area contributed by atoms with Crippen LogP contribution >= 0.6 is 0 Å². The van der Waals surface area contributed by atoms with Gasteiger partial charge in [0.05, 0.1) is 25.5 Å². The number of benzene rings is 2. The highest BCUT2D eigenvalue weighted by Gasteiger charge is 2.41. The summed E-state index contributed by atoms with van der Waals surface area (Å²) in [7, 11) is 3.19. The Labute approximate surface area is 185 Å². The van der Waals surface area contributed by atoms with Gasteiger partial charge in [-0.05, 0) is 54.7 Å². The first kappa shape index (κ1) is 20.2. The van der Waals surface area contributed by atoms with E-state index in [9.17, 15) is 9.90 Å². The number of nitrogens with one attached hydrogen (secondary N) is 1. The second-order valence-electron chi connectivity index (χ2n) is 8.20. The fraction of sp³-hybridized carbons (Fsp3) is 0.280. The van der Waals surface area contributed by atoms with E-state index in [1.165, 1.54) is 0 Å². The van der Waals surface area contributed by atoms with Crippen LogP contribution in [0.5, 0.6) is 17.2 Å². The highest BCUT2D eigenvalue weighted by Crippen LogP contribution is 2.50. The fourth-order valence-corrected chi connectivity index (χ4v) is 4.82. The largest absolute Gasteiger partial charge is 0.508 e. The van der Waals surface area contributed by atoms with Gasteiger partial charge in [0.1, 0.15) is 5.75 Å². The lowest BCUT2D eigenvalue weighted by atomic mass is 9.72. The molecule has 1 aromatic heterocycles. The summed E-state index contributed by atoms with van der Waals surface area (Å²) in [5.41, 5.74) is 5.14. The Kier molecular flexibility index (Phi) is 4.89. The Morgan fingerprint density at radius 2 is 1.75 bits per heavy atom. The van der Waals surface area contributed by atoms with Gasteiger partial charge in [-0.15, -0.1) is 0 Å². The van der Waals surface area contributed by atoms with E-state index in [1.54, 1.807) is 26.4 Å². The normalized spacial score (nSPS) is 19.8. The second-order valence-corrected chi connectivity index (χ2v) is 8.20. The van der Waals surface area contributed by atoms with Crippen molar-refractivity contribution in [3.05, 3.63) is 76.1 Å². The number of aromatic hydroxyl groups is 1. The molecule has 164 valence electrons. The van der Waals surface area contributed by atoms with Gasteiger partial charge in [-0.1, -0.05) is 23.4 Å². The molecule has 2 aliphatic rings. The topological polar surface area (TPSA) is 93.8 Å². The van der Waals surface area contributed by atoms with E-state index in [1.807, 2.05) is 37.3 Å². The number of ketones is 1. The molecular formula is C25H24N2O5. The standard InChI is InChI=1S/C25H24N2O5/c1-13-22-23(15-6-9-20(30-2)21(12-15)31-3)24-18(26-25(22)32-27-13)10-16(11-19(24)29)14-4-7-17(28)8-5-14/h4-9,12,16,23,26,28H,10-11H2,1-3H3/t16-,23+/m1/s1. The van der Waals surface area contributed by atoms with Crippen molar-refractivity contribution in [2.45, 2.75) is 31.6 Å². The van der Waals surface area contributed by atoms with Crippen LogP contribution < -0.4 is 14.8 Å². The van der Waals surface area contributed by atoms with Gasteiger partial charge in [0.15, 0.2) is 17.3 Å². The van der Waals surface area contributed by atoms with Crippen molar-refractivity contribution < 1.29 is 23.9 Å². The Bertz CT molecular complexity index is 1230. The van der Waals surface area contributed by atoms with Crippen LogP contribution in [0.2, 0.25) is 0 Å². The number of anilines is 1. The molecule has 7 heteroatoms. The molecule has 0 unspecified atom stereocenters. The van der Waals surface area contributed by atoms with Crippen molar-refractivity contribution in [2.75, 3.05) is 19.5 Å². The lowest BCUT2D eigenvalue weighted by Crippen LogP contribution is -2.29. The van der Waals surface area contributed by atoms with Crippen LogP contribution in [-0.2, 0) is 4.79 Å². The summed E-state index contributed by atoms with van der Waals surface area (Å²) in [5.74, 6) is 1.81. The molecule has 2 aromatic carbocycles. The third-order valence-electron chi connectivity index (χ3n) is 6.36. The smallest absolute Gasteiger partial charge is 0.233 e. The first-order chi connectivity index (χ1) is 15.5. The lowest BCUT2D eigenvalue weighted by molar-refractivity contribution is -0.116. The zero-order valence-electron chi connectivity index (χ0n) is 18.1. The van der Waals surface area contributed by atoms with Crippen molar-refractivity contribution in [3.8, 4) is 17.2 Å². The summed E-state index contributed by atoms with van der Waals surface area (Å²) in [6.45, 7) is 1.88. The Hall–Kier alpha value is -3.74. The fourth-order valence-electron chi connectivity index (χ4n) is 4.82. The van der Waals surface area contributed by atoms with Crippen LogP contribution in [0.25, 0.3) is 0 Å². The minimum absolute atomic E-state index is 0.0194. The summed E-state index contributed by atoms with van der Waals surface area (Å²) in [4.78, 5) is 13.5. The molecule has 0 spiro atoms. The van der Waals surface area contributed by atoms with Crippen LogP contribution in [0.15, 0.2) is 58.3 Å². The maximum Gasteiger partial charge on any atom is 0.233 e. The second kappa shape index (κ2) is 7.75. The Morgan fingerprint density at radius 3 is 2.47 bits per heavy atom. The quantitative estimate of drug-likeness (QED) is 0.619. The number of allylic oxidation sites excluding steroid dienone is 2. The predicted molar refractivity (Wildman–Crippen MR) is 118 cm³/mol. The minimum Gasteiger partial charge on any atom is -0.508 e. The number of methoxy groups -OCH3 is 2. The number of carbonyl (C=O) groups excluding carboxylic acids is 1. The lowest BCUT2D eigenvalue weighted by Gasteiger charge is -2.34. The average molecular weight is 432 g/mol. The molecule has 2 atom stereocenters. The van der Waals surface area contributed by atoms with E-state index in [0.717, 1.165) is 33.7 Å². The van der Waals surface area contributed by atoms with Gasteiger partial charge in [0, 0.05) is 23.6 Å². The number of hydrogen-bond donors (Lipinski definition) is 2. The molecule has 0 radical (unpaired) electrons. The Balaban J connectivity index is 1.62. The molecule has 7 nitrogen and oxygen atoms in total. The van der Waals surface area contributed by atoms with Crippen molar-refractivity contribution in [2.24, 2.45) is 0 Å². The SMILES string of the molecule is COc1ccc([C@@H]2C3=C(C[C@@H](c4ccc(O)cc4)CC3=O)Nc3onc(C)c32)cc1OC. The zero-order valence-corrected chi connectivity index (χ0v) is 18.1. The molecule has 2 N–H and O–H groups in total. The first-order valence-corrected chi connectivity index (χ1v) is 10.5. The highest BCUT2D eigenvalue weighted by atomic mass is 16.5. The van der Waals surface area contributed by atoms with Crippen LogP contribution in [-0.4, -0.2) is 30.3 Å². The van der Waals surface area contributed by atoms with Gasteiger partial charge in [-0.25, -0.2) is 0 Å². The summed E-state index contributed by atoms with van der Waals surface area (Å²) in [5, 5.41) is 17.1. The predicted octanol–water partition coefficient (Wildman–Crippen LogP) is 4.66. The van der Waals surface area contributed by atoms with Crippen LogP contribution in [0, 0.1) is 6.92 Å². The van der Waals surface area contributed by atoms with E-state index in [2.05, 4.69) is 10.5 Å².